The van der Waals surface area contributed by atoms with E-state index in [-0.39, 0.29) is 5.91 Å². The van der Waals surface area contributed by atoms with Crippen LogP contribution in [0.3, 0.4) is 0 Å². The molecule has 3 heterocycles. The highest BCUT2D eigenvalue weighted by atomic mass is 32.1. The minimum atomic E-state index is -0.0582. The van der Waals surface area contributed by atoms with E-state index in [4.69, 9.17) is 0 Å². The largest absolute Gasteiger partial charge is 0.347 e. The average molecular weight is 295 g/mol. The normalized spacial score (nSPS) is 10.3. The highest BCUT2D eigenvalue weighted by molar-refractivity contribution is 7.17. The van der Waals surface area contributed by atoms with Crippen molar-refractivity contribution < 1.29 is 4.79 Å². The summed E-state index contributed by atoms with van der Waals surface area (Å²) in [7, 11) is 0. The van der Waals surface area contributed by atoms with Gasteiger partial charge in [-0.2, -0.15) is 0 Å². The molecule has 0 radical (unpaired) electrons. The molecule has 4 nitrogen and oxygen atoms in total. The molecule has 0 aliphatic rings. The number of rotatable bonds is 4. The Morgan fingerprint density at radius 1 is 0.952 bits per heavy atom. The molecule has 0 fully saturated rings. The van der Waals surface area contributed by atoms with E-state index in [0.29, 0.717) is 11.4 Å². The number of hydrogen-bond donors (Lipinski definition) is 1. The minimum absolute atomic E-state index is 0.0582. The number of nitrogens with zero attached hydrogens (tertiary/aromatic N) is 2. The molecular formula is C16H13N3OS. The zero-order valence-electron chi connectivity index (χ0n) is 11.2. The number of nitrogens with one attached hydrogen (secondary N) is 1. The lowest BCUT2D eigenvalue weighted by atomic mass is 10.2. The van der Waals surface area contributed by atoms with Crippen molar-refractivity contribution in [1.29, 1.82) is 0 Å². The fraction of sp³-hybridized carbons (Fsp3) is 0.0625. The first-order chi connectivity index (χ1) is 10.3. The fourth-order valence-corrected chi connectivity index (χ4v) is 2.83. The van der Waals surface area contributed by atoms with Gasteiger partial charge in [0.2, 0.25) is 0 Å². The second-order valence-electron chi connectivity index (χ2n) is 4.44. The van der Waals surface area contributed by atoms with Gasteiger partial charge in [-0.3, -0.25) is 14.8 Å². The van der Waals surface area contributed by atoms with Crippen molar-refractivity contribution in [2.24, 2.45) is 0 Å². The highest BCUT2D eigenvalue weighted by Crippen LogP contribution is 2.27. The summed E-state index contributed by atoms with van der Waals surface area (Å²) in [4.78, 5) is 21.8. The molecule has 0 aliphatic carbocycles. The molecule has 3 aromatic rings. The topological polar surface area (TPSA) is 54.9 Å². The van der Waals surface area contributed by atoms with Crippen LogP contribution in [0.1, 0.15) is 15.2 Å². The molecular weight excluding hydrogens is 282 g/mol. The number of carbonyl (C=O) groups excluding carboxylic acids is 1. The van der Waals surface area contributed by atoms with Crippen LogP contribution in [0.4, 0.5) is 0 Å². The average Bonchev–Trinajstić information content (AvgIpc) is 3.04. The predicted octanol–water partition coefficient (Wildman–Crippen LogP) is 3.14. The molecule has 0 spiro atoms. The molecule has 1 amide bonds. The molecule has 104 valence electrons. The molecule has 0 saturated carbocycles. The van der Waals surface area contributed by atoms with Crippen molar-refractivity contribution in [3.05, 3.63) is 71.6 Å². The van der Waals surface area contributed by atoms with E-state index in [0.717, 1.165) is 16.0 Å². The first-order valence-electron chi connectivity index (χ1n) is 6.50. The van der Waals surface area contributed by atoms with Crippen molar-refractivity contribution in [3.63, 3.8) is 0 Å². The summed E-state index contributed by atoms with van der Waals surface area (Å²) in [6.07, 6.45) is 6.93. The van der Waals surface area contributed by atoms with Gasteiger partial charge in [0.15, 0.2) is 0 Å². The van der Waals surface area contributed by atoms with E-state index in [1.165, 1.54) is 11.3 Å². The van der Waals surface area contributed by atoms with Crippen LogP contribution in [-0.2, 0) is 6.54 Å². The lowest BCUT2D eigenvalue weighted by Gasteiger charge is -2.03. The van der Waals surface area contributed by atoms with Gasteiger partial charge in [-0.15, -0.1) is 11.3 Å². The van der Waals surface area contributed by atoms with Crippen LogP contribution in [0.2, 0.25) is 0 Å². The Morgan fingerprint density at radius 3 is 2.33 bits per heavy atom. The fourth-order valence-electron chi connectivity index (χ4n) is 1.90. The molecule has 0 aromatic carbocycles. The van der Waals surface area contributed by atoms with Gasteiger partial charge < -0.3 is 5.32 Å². The summed E-state index contributed by atoms with van der Waals surface area (Å²) in [5.74, 6) is -0.0582. The Labute approximate surface area is 126 Å². The first kappa shape index (κ1) is 13.5. The van der Waals surface area contributed by atoms with Crippen LogP contribution in [0, 0.1) is 0 Å². The molecule has 21 heavy (non-hydrogen) atoms. The van der Waals surface area contributed by atoms with Gasteiger partial charge in [0.05, 0.1) is 4.88 Å². The molecule has 0 saturated heterocycles. The Balaban J connectivity index is 1.67. The molecule has 0 unspecified atom stereocenters. The van der Waals surface area contributed by atoms with Crippen LogP contribution in [0.5, 0.6) is 0 Å². The van der Waals surface area contributed by atoms with Crippen molar-refractivity contribution in [3.8, 4) is 10.4 Å². The van der Waals surface area contributed by atoms with E-state index < -0.39 is 0 Å². The lowest BCUT2D eigenvalue weighted by Crippen LogP contribution is -2.21. The van der Waals surface area contributed by atoms with Crippen LogP contribution in [0.15, 0.2) is 61.2 Å². The summed E-state index contributed by atoms with van der Waals surface area (Å²) in [5.41, 5.74) is 2.10. The lowest BCUT2D eigenvalue weighted by molar-refractivity contribution is 0.0955. The summed E-state index contributed by atoms with van der Waals surface area (Å²) in [5, 5.41) is 2.91. The quantitative estimate of drug-likeness (QED) is 0.804. The molecule has 0 bridgehead atoms. The predicted molar refractivity (Wildman–Crippen MR) is 83.0 cm³/mol. The third kappa shape index (κ3) is 3.32. The van der Waals surface area contributed by atoms with Gasteiger partial charge in [-0.25, -0.2) is 0 Å². The van der Waals surface area contributed by atoms with Crippen LogP contribution in [0.25, 0.3) is 10.4 Å². The summed E-state index contributed by atoms with van der Waals surface area (Å²) < 4.78 is 0. The number of thiophene rings is 1. The third-order valence-electron chi connectivity index (χ3n) is 3.00. The van der Waals surface area contributed by atoms with Crippen molar-refractivity contribution in [2.75, 3.05) is 0 Å². The molecule has 0 aliphatic heterocycles. The van der Waals surface area contributed by atoms with Gasteiger partial charge in [0.25, 0.3) is 5.91 Å². The molecule has 1 N–H and O–H groups in total. The third-order valence-corrected chi connectivity index (χ3v) is 4.13. The second-order valence-corrected chi connectivity index (χ2v) is 5.52. The van der Waals surface area contributed by atoms with E-state index in [1.807, 2.05) is 36.4 Å². The van der Waals surface area contributed by atoms with Crippen LogP contribution in [-0.4, -0.2) is 15.9 Å². The number of amides is 1. The maximum absolute atomic E-state index is 12.1. The van der Waals surface area contributed by atoms with Crippen molar-refractivity contribution in [2.45, 2.75) is 6.54 Å². The van der Waals surface area contributed by atoms with E-state index in [9.17, 15) is 4.79 Å². The maximum atomic E-state index is 12.1. The summed E-state index contributed by atoms with van der Waals surface area (Å²) in [6.45, 7) is 0.504. The Hall–Kier alpha value is -2.53. The van der Waals surface area contributed by atoms with Gasteiger partial charge >= 0.3 is 0 Å². The minimum Gasteiger partial charge on any atom is -0.347 e. The number of aromatic nitrogens is 2. The number of pyridine rings is 2. The molecule has 3 rings (SSSR count). The van der Waals surface area contributed by atoms with E-state index in [1.54, 1.807) is 24.8 Å². The number of hydrogen-bond acceptors (Lipinski definition) is 4. The first-order valence-corrected chi connectivity index (χ1v) is 7.32. The van der Waals surface area contributed by atoms with Crippen molar-refractivity contribution >= 4 is 17.2 Å². The van der Waals surface area contributed by atoms with E-state index in [2.05, 4.69) is 15.3 Å². The SMILES string of the molecule is O=C(NCc1ccncc1)c1ccc(-c2ccncc2)s1. The summed E-state index contributed by atoms with van der Waals surface area (Å²) in [6, 6.07) is 11.5. The van der Waals surface area contributed by atoms with Crippen LogP contribution >= 0.6 is 11.3 Å². The van der Waals surface area contributed by atoms with Crippen molar-refractivity contribution in [1.82, 2.24) is 15.3 Å². The monoisotopic (exact) mass is 295 g/mol. The molecule has 3 aromatic heterocycles. The van der Waals surface area contributed by atoms with E-state index >= 15 is 0 Å². The zero-order valence-corrected chi connectivity index (χ0v) is 12.0. The number of carbonyl (C=O) groups is 1. The van der Waals surface area contributed by atoms with Gasteiger partial charge in [-0.1, -0.05) is 0 Å². The van der Waals surface area contributed by atoms with Gasteiger partial charge in [0.1, 0.15) is 0 Å². The van der Waals surface area contributed by atoms with Gasteiger partial charge in [-0.05, 0) is 47.5 Å². The highest BCUT2D eigenvalue weighted by Gasteiger charge is 2.09. The van der Waals surface area contributed by atoms with Gasteiger partial charge in [0, 0.05) is 36.2 Å². The Bertz CT molecular complexity index is 726. The Morgan fingerprint density at radius 2 is 1.62 bits per heavy atom. The zero-order chi connectivity index (χ0) is 14.5. The maximum Gasteiger partial charge on any atom is 0.261 e. The van der Waals surface area contributed by atoms with Crippen LogP contribution < -0.4 is 5.32 Å². The Kier molecular flexibility index (Phi) is 4.02. The second kappa shape index (κ2) is 6.28. The molecule has 0 atom stereocenters. The standard InChI is InChI=1S/C16H13N3OS/c20-16(19-11-12-3-7-17-8-4-12)15-2-1-14(21-15)13-5-9-18-10-6-13/h1-10H,11H2,(H,19,20). The molecule has 5 heteroatoms. The summed E-state index contributed by atoms with van der Waals surface area (Å²) >= 11 is 1.48. The smallest absolute Gasteiger partial charge is 0.261 e.